The number of benzene rings is 1. The summed E-state index contributed by atoms with van der Waals surface area (Å²) >= 11 is 0. The van der Waals surface area contributed by atoms with Crippen molar-refractivity contribution in [2.45, 2.75) is 19.3 Å². The van der Waals surface area contributed by atoms with Crippen molar-refractivity contribution in [1.82, 2.24) is 0 Å². The van der Waals surface area contributed by atoms with Crippen molar-refractivity contribution in [2.24, 2.45) is 0 Å². The van der Waals surface area contributed by atoms with Crippen LogP contribution in [0.3, 0.4) is 0 Å². The second-order valence-electron chi connectivity index (χ2n) is 4.90. The molecule has 1 atom stereocenters. The van der Waals surface area contributed by atoms with E-state index in [4.69, 9.17) is 4.42 Å². The molecule has 0 aromatic heterocycles. The van der Waals surface area contributed by atoms with Gasteiger partial charge in [0.1, 0.15) is 0 Å². The molecule has 0 fully saturated rings. The monoisotopic (exact) mass is 237 g/mol. The molecule has 0 heterocycles. The van der Waals surface area contributed by atoms with E-state index in [1.54, 1.807) is 7.11 Å². The van der Waals surface area contributed by atoms with Crippen molar-refractivity contribution in [2.75, 3.05) is 7.11 Å². The summed E-state index contributed by atoms with van der Waals surface area (Å²) in [5.41, 5.74) is 5.66. The van der Waals surface area contributed by atoms with Gasteiger partial charge in [-0.3, -0.25) is 4.42 Å². The van der Waals surface area contributed by atoms with E-state index < -0.39 is 0 Å². The van der Waals surface area contributed by atoms with Gasteiger partial charge in [0.25, 0.3) is 7.11 Å². The highest BCUT2D eigenvalue weighted by molar-refractivity contribution is 6.02. The smallest absolute Gasteiger partial charge is 0.258 e. The minimum absolute atomic E-state index is 0.623. The number of rotatable bonds is 0. The van der Waals surface area contributed by atoms with Gasteiger partial charge >= 0.3 is 5.78 Å². The Morgan fingerprint density at radius 3 is 2.50 bits per heavy atom. The molecule has 1 unspecified atom stereocenters. The van der Waals surface area contributed by atoms with Gasteiger partial charge in [-0.25, -0.2) is 0 Å². The van der Waals surface area contributed by atoms with Crippen molar-refractivity contribution in [3.8, 4) is 0 Å². The maximum atomic E-state index is 5.21. The van der Waals surface area contributed by atoms with Crippen molar-refractivity contribution in [1.29, 1.82) is 0 Å². The van der Waals surface area contributed by atoms with Crippen LogP contribution in [0.5, 0.6) is 0 Å². The van der Waals surface area contributed by atoms with E-state index in [2.05, 4.69) is 43.3 Å². The molecule has 3 rings (SSSR count). The molecule has 0 N–H and O–H groups in total. The van der Waals surface area contributed by atoms with Crippen molar-refractivity contribution in [3.05, 3.63) is 65.3 Å². The molecule has 0 aliphatic heterocycles. The first-order chi connectivity index (χ1) is 8.79. The minimum Gasteiger partial charge on any atom is -0.258 e. The van der Waals surface area contributed by atoms with Crippen LogP contribution in [0.1, 0.15) is 30.4 Å². The van der Waals surface area contributed by atoms with E-state index in [0.29, 0.717) is 5.92 Å². The molecule has 2 aliphatic carbocycles. The van der Waals surface area contributed by atoms with Crippen LogP contribution in [0.25, 0.3) is 5.57 Å². The summed E-state index contributed by atoms with van der Waals surface area (Å²) < 4.78 is 5.21. The first kappa shape index (κ1) is 11.2. The van der Waals surface area contributed by atoms with E-state index in [9.17, 15) is 0 Å². The predicted octanol–water partition coefficient (Wildman–Crippen LogP) is 3.81. The topological polar surface area (TPSA) is 11.3 Å². The van der Waals surface area contributed by atoms with Crippen LogP contribution in [-0.2, 0) is 4.42 Å². The molecular formula is C17H17O+. The molecule has 0 amide bonds. The van der Waals surface area contributed by atoms with Gasteiger partial charge < -0.3 is 0 Å². The quantitative estimate of drug-likeness (QED) is 0.608. The Kier molecular flexibility index (Phi) is 2.75. The number of ketones is 1. The van der Waals surface area contributed by atoms with Crippen molar-refractivity contribution >= 4 is 11.4 Å². The van der Waals surface area contributed by atoms with Crippen LogP contribution in [-0.4, -0.2) is 12.9 Å². The third-order valence-corrected chi connectivity index (χ3v) is 3.77. The Morgan fingerprint density at radius 2 is 1.78 bits per heavy atom. The first-order valence-corrected chi connectivity index (χ1v) is 6.39. The zero-order chi connectivity index (χ0) is 12.5. The van der Waals surface area contributed by atoms with Crippen molar-refractivity contribution < 1.29 is 4.42 Å². The highest BCUT2D eigenvalue weighted by atomic mass is 16.4. The minimum atomic E-state index is 0.623. The van der Waals surface area contributed by atoms with Crippen molar-refractivity contribution in [3.63, 3.8) is 0 Å². The fourth-order valence-electron chi connectivity index (χ4n) is 2.79. The van der Waals surface area contributed by atoms with E-state index >= 15 is 0 Å². The van der Waals surface area contributed by atoms with E-state index in [1.807, 2.05) is 12.2 Å². The van der Waals surface area contributed by atoms with Gasteiger partial charge in [-0.15, -0.1) is 0 Å². The highest BCUT2D eigenvalue weighted by Gasteiger charge is 2.24. The lowest BCUT2D eigenvalue weighted by atomic mass is 9.98. The second-order valence-corrected chi connectivity index (χ2v) is 4.90. The van der Waals surface area contributed by atoms with Crippen LogP contribution in [0.4, 0.5) is 0 Å². The van der Waals surface area contributed by atoms with Gasteiger partial charge in [0.05, 0.1) is 0 Å². The fraction of sp³-hybridized carbons (Fsp3) is 0.235. The fourth-order valence-corrected chi connectivity index (χ4v) is 2.79. The zero-order valence-corrected chi connectivity index (χ0v) is 10.8. The third-order valence-electron chi connectivity index (χ3n) is 3.77. The Bertz CT molecular complexity index is 582. The van der Waals surface area contributed by atoms with Crippen LogP contribution in [0.2, 0.25) is 0 Å². The molecule has 90 valence electrons. The predicted molar refractivity (Wildman–Crippen MR) is 75.6 cm³/mol. The molecule has 2 aliphatic rings. The summed E-state index contributed by atoms with van der Waals surface area (Å²) in [6, 6.07) is 8.74. The number of fused-ring (bicyclic) bond motifs is 1. The van der Waals surface area contributed by atoms with Crippen LogP contribution in [0.15, 0.2) is 54.1 Å². The normalized spacial score (nSPS) is 21.4. The highest BCUT2D eigenvalue weighted by Crippen LogP contribution is 2.42. The molecule has 18 heavy (non-hydrogen) atoms. The largest absolute Gasteiger partial charge is 0.343 e. The molecule has 1 aromatic rings. The average Bonchev–Trinajstić information content (AvgIpc) is 2.77. The maximum absolute atomic E-state index is 5.21. The summed E-state index contributed by atoms with van der Waals surface area (Å²) in [7, 11) is 1.70. The van der Waals surface area contributed by atoms with Crippen LogP contribution >= 0.6 is 0 Å². The SMILES string of the molecule is C[O+]=C1C=CC(=C2CC(C)c3ccccc32)C=C1. The number of hydrogen-bond donors (Lipinski definition) is 0. The van der Waals surface area contributed by atoms with Gasteiger partial charge in [-0.05, 0) is 46.8 Å². The Balaban J connectivity index is 2.08. The van der Waals surface area contributed by atoms with Crippen LogP contribution < -0.4 is 0 Å². The summed E-state index contributed by atoms with van der Waals surface area (Å²) in [4.78, 5) is 0. The van der Waals surface area contributed by atoms with Crippen LogP contribution in [0, 0.1) is 0 Å². The van der Waals surface area contributed by atoms with E-state index in [-0.39, 0.29) is 0 Å². The Labute approximate surface area is 108 Å². The lowest BCUT2D eigenvalue weighted by Gasteiger charge is -2.05. The number of allylic oxidation sites excluding steroid dienone is 6. The molecule has 0 bridgehead atoms. The second kappa shape index (κ2) is 4.41. The number of carbonyl (C=O) groups excluding carboxylic acids is 1. The van der Waals surface area contributed by atoms with Gasteiger partial charge in [0, 0.05) is 12.2 Å². The Morgan fingerprint density at radius 1 is 1.06 bits per heavy atom. The molecule has 1 aromatic carbocycles. The molecular weight excluding hydrogens is 220 g/mol. The van der Waals surface area contributed by atoms with Gasteiger partial charge in [-0.2, -0.15) is 0 Å². The molecule has 0 spiro atoms. The summed E-state index contributed by atoms with van der Waals surface area (Å²) in [6.07, 6.45) is 9.51. The molecule has 0 radical (unpaired) electrons. The average molecular weight is 237 g/mol. The molecule has 0 saturated carbocycles. The lowest BCUT2D eigenvalue weighted by molar-refractivity contribution is -0.417. The molecule has 1 nitrogen and oxygen atoms in total. The van der Waals surface area contributed by atoms with Gasteiger partial charge in [0.2, 0.25) is 0 Å². The Hall–Kier alpha value is -1.89. The van der Waals surface area contributed by atoms with E-state index in [1.165, 1.54) is 22.3 Å². The third kappa shape index (κ3) is 1.76. The molecule has 1 heteroatoms. The summed E-state index contributed by atoms with van der Waals surface area (Å²) in [5.74, 6) is 1.54. The maximum Gasteiger partial charge on any atom is 0.343 e. The zero-order valence-electron chi connectivity index (χ0n) is 10.8. The van der Waals surface area contributed by atoms with Gasteiger partial charge in [-0.1, -0.05) is 31.2 Å². The summed E-state index contributed by atoms with van der Waals surface area (Å²) in [6.45, 7) is 2.30. The van der Waals surface area contributed by atoms with E-state index in [0.717, 1.165) is 12.2 Å². The lowest BCUT2D eigenvalue weighted by Crippen LogP contribution is -1.97. The first-order valence-electron chi connectivity index (χ1n) is 6.39. The molecule has 0 saturated heterocycles. The summed E-state index contributed by atoms with van der Waals surface area (Å²) in [5, 5.41) is 0. The standard InChI is InChI=1S/C17H17O/c1-12-11-17(16-6-4-3-5-15(12)16)13-7-9-14(18-2)10-8-13/h3-10,12H,11H2,1-2H3/q+1. The van der Waals surface area contributed by atoms with Gasteiger partial charge in [0.15, 0.2) is 0 Å². The number of hydrogen-bond acceptors (Lipinski definition) is 0.